The van der Waals surface area contributed by atoms with E-state index in [0.29, 0.717) is 0 Å². The Labute approximate surface area is 366 Å². The Hall–Kier alpha value is -8.20. The first-order valence-electron chi connectivity index (χ1n) is 21.8. The molecule has 0 saturated heterocycles. The van der Waals surface area contributed by atoms with Crippen molar-refractivity contribution in [2.75, 3.05) is 4.90 Å². The molecule has 1 heterocycles. The number of fused-ring (bicyclic) bond motifs is 13. The summed E-state index contributed by atoms with van der Waals surface area (Å²) in [6.45, 7) is 0. The van der Waals surface area contributed by atoms with Gasteiger partial charge in [-0.1, -0.05) is 188 Å². The quantitative estimate of drug-likeness (QED) is 0.167. The van der Waals surface area contributed by atoms with E-state index in [-0.39, 0.29) is 0 Å². The van der Waals surface area contributed by atoms with E-state index in [2.05, 4.69) is 241 Å². The minimum Gasteiger partial charge on any atom is -0.456 e. The lowest BCUT2D eigenvalue weighted by atomic mass is 9.70. The van der Waals surface area contributed by atoms with Crippen LogP contribution in [0.15, 0.2) is 241 Å². The molecule has 0 bridgehead atoms. The van der Waals surface area contributed by atoms with Crippen molar-refractivity contribution in [3.8, 4) is 55.6 Å². The van der Waals surface area contributed by atoms with Crippen molar-refractivity contribution in [1.29, 1.82) is 0 Å². The number of furan rings is 1. The summed E-state index contributed by atoms with van der Waals surface area (Å²) in [5.74, 6) is 0. The number of para-hydroxylation sites is 1. The van der Waals surface area contributed by atoms with E-state index in [4.69, 9.17) is 4.42 Å². The summed E-state index contributed by atoms with van der Waals surface area (Å²) in [5, 5.41) is 2.28. The summed E-state index contributed by atoms with van der Waals surface area (Å²) in [7, 11) is 0. The standard InChI is InChI=1S/C61H39NO/c1-4-16-40(17-5-1)42-28-32-45(33-29-42)62(46-34-30-43(31-35-46)41-18-6-2-7-19-41)47-36-37-50-54(38-47)61(52-25-13-10-22-48(52)49-23-11-14-26-53(49)61)55-39-57-60(51-24-12-15-27-56(51)63-57)58(59(50)55)44-20-8-3-9-21-44/h1-39H. The molecule has 0 saturated carbocycles. The first-order valence-corrected chi connectivity index (χ1v) is 21.8. The van der Waals surface area contributed by atoms with Gasteiger partial charge in [-0.3, -0.25) is 0 Å². The van der Waals surface area contributed by atoms with Crippen LogP contribution in [0, 0.1) is 0 Å². The van der Waals surface area contributed by atoms with Crippen molar-refractivity contribution in [2.45, 2.75) is 5.41 Å². The summed E-state index contributed by atoms with van der Waals surface area (Å²) < 4.78 is 6.87. The fraction of sp³-hybridized carbons (Fsp3) is 0.0164. The van der Waals surface area contributed by atoms with E-state index in [1.54, 1.807) is 0 Å². The van der Waals surface area contributed by atoms with Gasteiger partial charge >= 0.3 is 0 Å². The van der Waals surface area contributed by atoms with Crippen molar-refractivity contribution in [1.82, 2.24) is 0 Å². The Morgan fingerprint density at radius 3 is 1.37 bits per heavy atom. The van der Waals surface area contributed by atoms with Gasteiger partial charge in [-0.2, -0.15) is 0 Å². The molecule has 0 aliphatic heterocycles. The van der Waals surface area contributed by atoms with Gasteiger partial charge in [0.1, 0.15) is 11.2 Å². The fourth-order valence-corrected chi connectivity index (χ4v) is 10.8. The normalized spacial score (nSPS) is 12.9. The van der Waals surface area contributed by atoms with Gasteiger partial charge in [-0.25, -0.2) is 0 Å². The summed E-state index contributed by atoms with van der Waals surface area (Å²) in [4.78, 5) is 2.42. The lowest BCUT2D eigenvalue weighted by Crippen LogP contribution is -2.26. The first-order chi connectivity index (χ1) is 31.3. The third-order valence-electron chi connectivity index (χ3n) is 13.5. The van der Waals surface area contributed by atoms with E-state index >= 15 is 0 Å². The van der Waals surface area contributed by atoms with Gasteiger partial charge in [0.05, 0.1) is 5.41 Å². The lowest BCUT2D eigenvalue weighted by molar-refractivity contribution is 0.666. The molecule has 0 N–H and O–H groups in total. The van der Waals surface area contributed by atoms with E-state index in [9.17, 15) is 0 Å². The molecule has 0 fully saturated rings. The maximum Gasteiger partial charge on any atom is 0.136 e. The summed E-state index contributed by atoms with van der Waals surface area (Å²) in [6, 6.07) is 86.4. The van der Waals surface area contributed by atoms with Gasteiger partial charge in [0.2, 0.25) is 0 Å². The van der Waals surface area contributed by atoms with Crippen LogP contribution in [0.25, 0.3) is 77.6 Å². The van der Waals surface area contributed by atoms with Gasteiger partial charge in [0, 0.05) is 33.4 Å². The minimum atomic E-state index is -0.607. The average Bonchev–Trinajstić information content (AvgIpc) is 3.98. The van der Waals surface area contributed by atoms with Gasteiger partial charge in [0.15, 0.2) is 0 Å². The molecule has 294 valence electrons. The molecule has 2 heteroatoms. The Kier molecular flexibility index (Phi) is 7.85. The zero-order chi connectivity index (χ0) is 41.5. The Morgan fingerprint density at radius 2 is 0.778 bits per heavy atom. The van der Waals surface area contributed by atoms with Crippen LogP contribution in [-0.2, 0) is 5.41 Å². The number of rotatable bonds is 6. The maximum absolute atomic E-state index is 6.87. The summed E-state index contributed by atoms with van der Waals surface area (Å²) >= 11 is 0. The van der Waals surface area contributed by atoms with Crippen LogP contribution in [0.4, 0.5) is 17.1 Å². The molecule has 0 radical (unpaired) electrons. The zero-order valence-electron chi connectivity index (χ0n) is 34.4. The molecule has 10 aromatic carbocycles. The third kappa shape index (κ3) is 5.25. The molecule has 13 rings (SSSR count). The van der Waals surface area contributed by atoms with Crippen LogP contribution >= 0.6 is 0 Å². The zero-order valence-corrected chi connectivity index (χ0v) is 34.4. The number of hydrogen-bond acceptors (Lipinski definition) is 2. The van der Waals surface area contributed by atoms with Crippen molar-refractivity contribution in [2.24, 2.45) is 0 Å². The molecule has 11 aromatic rings. The smallest absolute Gasteiger partial charge is 0.136 e. The van der Waals surface area contributed by atoms with Crippen LogP contribution in [-0.4, -0.2) is 0 Å². The van der Waals surface area contributed by atoms with Crippen LogP contribution in [0.3, 0.4) is 0 Å². The van der Waals surface area contributed by atoms with Gasteiger partial charge in [0.25, 0.3) is 0 Å². The monoisotopic (exact) mass is 801 g/mol. The van der Waals surface area contributed by atoms with Crippen molar-refractivity contribution >= 4 is 39.0 Å². The van der Waals surface area contributed by atoms with E-state index < -0.39 is 5.41 Å². The number of nitrogens with zero attached hydrogens (tertiary/aromatic N) is 1. The number of hydrogen-bond donors (Lipinski definition) is 0. The molecule has 1 aromatic heterocycles. The second kappa shape index (κ2) is 13.9. The fourth-order valence-electron chi connectivity index (χ4n) is 10.8. The Bertz CT molecular complexity index is 3400. The molecule has 1 spiro atoms. The highest BCUT2D eigenvalue weighted by Gasteiger charge is 2.53. The molecule has 0 unspecified atom stereocenters. The van der Waals surface area contributed by atoms with Gasteiger partial charge in [-0.05, 0) is 121 Å². The van der Waals surface area contributed by atoms with Crippen LogP contribution in [0.1, 0.15) is 22.3 Å². The van der Waals surface area contributed by atoms with Gasteiger partial charge in [-0.15, -0.1) is 0 Å². The molecule has 63 heavy (non-hydrogen) atoms. The molecular weight excluding hydrogens is 763 g/mol. The average molecular weight is 802 g/mol. The van der Waals surface area contributed by atoms with Gasteiger partial charge < -0.3 is 9.32 Å². The van der Waals surface area contributed by atoms with Crippen LogP contribution in [0.5, 0.6) is 0 Å². The lowest BCUT2D eigenvalue weighted by Gasteiger charge is -2.32. The summed E-state index contributed by atoms with van der Waals surface area (Å²) in [5.41, 5.74) is 21.8. The Balaban J connectivity index is 1.10. The number of anilines is 3. The SMILES string of the molecule is c1ccc(-c2ccc(N(c3ccc(-c4ccccc4)cc3)c3ccc4c(c3)C3(c5ccccc5-c5ccccc53)c3cc5oc6ccccc6c5c(-c5ccccc5)c3-4)cc2)cc1. The van der Waals surface area contributed by atoms with Crippen LogP contribution < -0.4 is 4.90 Å². The molecule has 2 nitrogen and oxygen atoms in total. The Morgan fingerprint density at radius 1 is 0.302 bits per heavy atom. The second-order valence-corrected chi connectivity index (χ2v) is 16.7. The largest absolute Gasteiger partial charge is 0.456 e. The predicted molar refractivity (Wildman–Crippen MR) is 261 cm³/mol. The first kappa shape index (κ1) is 35.5. The highest BCUT2D eigenvalue weighted by molar-refractivity contribution is 6.18. The topological polar surface area (TPSA) is 16.4 Å². The molecule has 0 amide bonds. The van der Waals surface area contributed by atoms with E-state index in [1.807, 2.05) is 0 Å². The minimum absolute atomic E-state index is 0.607. The van der Waals surface area contributed by atoms with Crippen molar-refractivity contribution in [3.05, 3.63) is 259 Å². The summed E-state index contributed by atoms with van der Waals surface area (Å²) in [6.07, 6.45) is 0. The maximum atomic E-state index is 6.87. The molecule has 2 aliphatic rings. The molecule has 2 aliphatic carbocycles. The highest BCUT2D eigenvalue weighted by Crippen LogP contribution is 2.66. The van der Waals surface area contributed by atoms with Crippen molar-refractivity contribution in [3.63, 3.8) is 0 Å². The molecular formula is C61H39NO. The van der Waals surface area contributed by atoms with E-state index in [1.165, 1.54) is 77.9 Å². The number of benzene rings is 10. The predicted octanol–water partition coefficient (Wildman–Crippen LogP) is 16.4. The van der Waals surface area contributed by atoms with Crippen LogP contribution in [0.2, 0.25) is 0 Å². The molecule has 0 atom stereocenters. The van der Waals surface area contributed by atoms with E-state index in [0.717, 1.165) is 39.0 Å². The highest BCUT2D eigenvalue weighted by atomic mass is 16.3. The third-order valence-corrected chi connectivity index (χ3v) is 13.5. The van der Waals surface area contributed by atoms with Crippen molar-refractivity contribution < 1.29 is 4.42 Å². The second-order valence-electron chi connectivity index (χ2n) is 16.7.